The number of allylic oxidation sites excluding steroid dienone is 4. The van der Waals surface area contributed by atoms with E-state index in [2.05, 4.69) is 6.08 Å². The lowest BCUT2D eigenvalue weighted by Crippen LogP contribution is -2.35. The van der Waals surface area contributed by atoms with Crippen LogP contribution in [0.1, 0.15) is 74.9 Å². The maximum atomic E-state index is 11.6. The Balaban J connectivity index is 1.89. The minimum atomic E-state index is -1.09. The molecule has 1 aliphatic rings. The van der Waals surface area contributed by atoms with Gasteiger partial charge >= 0.3 is 5.97 Å². The third kappa shape index (κ3) is 6.08. The number of phenols is 2. The number of carbonyl (C=O) groups is 1. The number of esters is 1. The molecule has 160 valence electrons. The number of aromatic hydroxyl groups is 2. The van der Waals surface area contributed by atoms with Crippen LogP contribution in [0.15, 0.2) is 29.4 Å². The van der Waals surface area contributed by atoms with Crippen LogP contribution in [-0.2, 0) is 17.8 Å². The minimum Gasteiger partial charge on any atom is -0.507 e. The largest absolute Gasteiger partial charge is 0.507 e. The SMILES string of the molecule is C/C(=C\Cc1c(O)cc2c(c1O)COC2=O)CC/C=C(\C)CC[C@@H](O)C(C)(C)O. The van der Waals surface area contributed by atoms with Gasteiger partial charge in [-0.3, -0.25) is 0 Å². The number of hydrogen-bond acceptors (Lipinski definition) is 6. The Bertz CT molecular complexity index is 814. The molecule has 1 aromatic carbocycles. The zero-order valence-electron chi connectivity index (χ0n) is 17.7. The molecule has 0 radical (unpaired) electrons. The average molecular weight is 405 g/mol. The second-order valence-corrected chi connectivity index (χ2v) is 8.38. The summed E-state index contributed by atoms with van der Waals surface area (Å²) in [5, 5.41) is 40.2. The van der Waals surface area contributed by atoms with Crippen molar-refractivity contribution < 1.29 is 30.0 Å². The minimum absolute atomic E-state index is 0.0300. The van der Waals surface area contributed by atoms with Crippen LogP contribution in [0.3, 0.4) is 0 Å². The van der Waals surface area contributed by atoms with Crippen molar-refractivity contribution in [2.45, 2.75) is 78.1 Å². The number of ether oxygens (including phenoxy) is 1. The Hall–Kier alpha value is -2.31. The number of hydrogen-bond donors (Lipinski definition) is 4. The molecule has 0 saturated carbocycles. The van der Waals surface area contributed by atoms with Crippen molar-refractivity contribution in [1.29, 1.82) is 0 Å². The first-order chi connectivity index (χ1) is 13.5. The van der Waals surface area contributed by atoms with Gasteiger partial charge in [-0.1, -0.05) is 23.3 Å². The Morgan fingerprint density at radius 3 is 2.52 bits per heavy atom. The highest BCUT2D eigenvalue weighted by Crippen LogP contribution is 2.38. The molecule has 0 aromatic heterocycles. The molecular formula is C23H32O6. The fourth-order valence-electron chi connectivity index (χ4n) is 3.23. The number of carbonyl (C=O) groups excluding carboxylic acids is 1. The van der Waals surface area contributed by atoms with E-state index >= 15 is 0 Å². The van der Waals surface area contributed by atoms with Crippen LogP contribution in [0.4, 0.5) is 0 Å². The highest BCUT2D eigenvalue weighted by molar-refractivity contribution is 5.95. The molecule has 0 unspecified atom stereocenters. The van der Waals surface area contributed by atoms with E-state index in [0.717, 1.165) is 24.8 Å². The van der Waals surface area contributed by atoms with Crippen molar-refractivity contribution >= 4 is 5.97 Å². The van der Waals surface area contributed by atoms with Crippen LogP contribution in [-0.4, -0.2) is 38.1 Å². The number of benzene rings is 1. The molecule has 4 N–H and O–H groups in total. The molecule has 1 aromatic rings. The van der Waals surface area contributed by atoms with E-state index in [0.29, 0.717) is 24.0 Å². The third-order valence-electron chi connectivity index (χ3n) is 5.37. The summed E-state index contributed by atoms with van der Waals surface area (Å²) in [6.07, 6.45) is 6.63. The molecule has 0 fully saturated rings. The highest BCUT2D eigenvalue weighted by Gasteiger charge is 2.28. The summed E-state index contributed by atoms with van der Waals surface area (Å²) in [7, 11) is 0. The standard InChI is InChI=1S/C23H32O6/c1-14(6-5-7-15(2)9-11-20(25)23(3,4)28)8-10-16-19(24)12-17-18(21(16)26)13-29-22(17)27/h7-8,12,20,24-26,28H,5-6,9-11,13H2,1-4H3/b14-8+,15-7+/t20-/m1/s1. The van der Waals surface area contributed by atoms with E-state index < -0.39 is 17.7 Å². The van der Waals surface area contributed by atoms with Crippen molar-refractivity contribution in [3.63, 3.8) is 0 Å². The molecule has 0 bridgehead atoms. The number of aliphatic hydroxyl groups is 2. The molecule has 0 amide bonds. The van der Waals surface area contributed by atoms with Gasteiger partial charge in [0, 0.05) is 11.1 Å². The summed E-state index contributed by atoms with van der Waals surface area (Å²) in [5.74, 6) is -0.706. The second kappa shape index (κ2) is 9.46. The van der Waals surface area contributed by atoms with E-state index in [9.17, 15) is 25.2 Å². The Morgan fingerprint density at radius 2 is 1.86 bits per heavy atom. The summed E-state index contributed by atoms with van der Waals surface area (Å²) < 4.78 is 4.91. The fraction of sp³-hybridized carbons (Fsp3) is 0.522. The normalized spacial score (nSPS) is 16.0. The smallest absolute Gasteiger partial charge is 0.339 e. The van der Waals surface area contributed by atoms with Crippen LogP contribution < -0.4 is 0 Å². The van der Waals surface area contributed by atoms with Gasteiger partial charge in [0.1, 0.15) is 18.1 Å². The van der Waals surface area contributed by atoms with Gasteiger partial charge in [0.25, 0.3) is 0 Å². The second-order valence-electron chi connectivity index (χ2n) is 8.38. The first kappa shape index (κ1) is 23.0. The van der Waals surface area contributed by atoms with Crippen molar-refractivity contribution in [2.24, 2.45) is 0 Å². The van der Waals surface area contributed by atoms with Gasteiger partial charge < -0.3 is 25.2 Å². The van der Waals surface area contributed by atoms with Gasteiger partial charge in [0.2, 0.25) is 0 Å². The molecule has 1 aliphatic heterocycles. The van der Waals surface area contributed by atoms with Gasteiger partial charge in [0.15, 0.2) is 0 Å². The third-order valence-corrected chi connectivity index (χ3v) is 5.37. The molecule has 0 spiro atoms. The Labute approximate surface area is 172 Å². The maximum absolute atomic E-state index is 11.6. The summed E-state index contributed by atoms with van der Waals surface area (Å²) in [6.45, 7) is 7.25. The predicted octanol–water partition coefficient (Wildman–Crippen LogP) is 3.90. The first-order valence-electron chi connectivity index (χ1n) is 9.96. The number of cyclic esters (lactones) is 1. The molecule has 6 nitrogen and oxygen atoms in total. The fourth-order valence-corrected chi connectivity index (χ4v) is 3.23. The molecule has 2 rings (SSSR count). The first-order valence-corrected chi connectivity index (χ1v) is 9.96. The monoisotopic (exact) mass is 404 g/mol. The number of aliphatic hydroxyl groups excluding tert-OH is 1. The van der Waals surface area contributed by atoms with Crippen molar-refractivity contribution in [3.05, 3.63) is 46.1 Å². The van der Waals surface area contributed by atoms with Crippen LogP contribution in [0.2, 0.25) is 0 Å². The van der Waals surface area contributed by atoms with Crippen LogP contribution in [0.5, 0.6) is 11.5 Å². The maximum Gasteiger partial charge on any atom is 0.339 e. The quantitative estimate of drug-likeness (QED) is 0.367. The highest BCUT2D eigenvalue weighted by atomic mass is 16.5. The van der Waals surface area contributed by atoms with Crippen LogP contribution in [0, 0.1) is 0 Å². The number of phenolic OH excluding ortho intramolecular Hbond substituents is 2. The van der Waals surface area contributed by atoms with E-state index in [-0.39, 0.29) is 23.7 Å². The molecule has 6 heteroatoms. The molecule has 0 saturated heterocycles. The molecule has 1 atom stereocenters. The summed E-state index contributed by atoms with van der Waals surface area (Å²) in [5.41, 5.74) is 2.25. The Kier molecular flexibility index (Phi) is 7.49. The van der Waals surface area contributed by atoms with E-state index in [1.165, 1.54) is 11.6 Å². The van der Waals surface area contributed by atoms with Gasteiger partial charge in [-0.15, -0.1) is 0 Å². The molecular weight excluding hydrogens is 372 g/mol. The summed E-state index contributed by atoms with van der Waals surface area (Å²) in [4.78, 5) is 11.6. The van der Waals surface area contributed by atoms with E-state index in [4.69, 9.17) is 4.74 Å². The van der Waals surface area contributed by atoms with Gasteiger partial charge in [-0.05, 0) is 65.9 Å². The lowest BCUT2D eigenvalue weighted by molar-refractivity contribution is -0.0509. The van der Waals surface area contributed by atoms with E-state index in [1.807, 2.05) is 19.9 Å². The van der Waals surface area contributed by atoms with Crippen molar-refractivity contribution in [1.82, 2.24) is 0 Å². The van der Waals surface area contributed by atoms with Gasteiger partial charge in [0.05, 0.1) is 17.3 Å². The molecule has 1 heterocycles. The number of fused-ring (bicyclic) bond motifs is 1. The molecule has 0 aliphatic carbocycles. The lowest BCUT2D eigenvalue weighted by Gasteiger charge is -2.24. The van der Waals surface area contributed by atoms with Gasteiger partial charge in [-0.25, -0.2) is 4.79 Å². The zero-order chi connectivity index (χ0) is 21.8. The van der Waals surface area contributed by atoms with Crippen molar-refractivity contribution in [2.75, 3.05) is 0 Å². The predicted molar refractivity (Wildman–Crippen MR) is 111 cm³/mol. The van der Waals surface area contributed by atoms with Gasteiger partial charge in [-0.2, -0.15) is 0 Å². The van der Waals surface area contributed by atoms with Crippen LogP contribution in [0.25, 0.3) is 0 Å². The van der Waals surface area contributed by atoms with E-state index in [1.54, 1.807) is 13.8 Å². The zero-order valence-corrected chi connectivity index (χ0v) is 17.7. The number of rotatable bonds is 9. The molecule has 29 heavy (non-hydrogen) atoms. The summed E-state index contributed by atoms with van der Waals surface area (Å²) in [6, 6.07) is 1.36. The Morgan fingerprint density at radius 1 is 1.21 bits per heavy atom. The van der Waals surface area contributed by atoms with Crippen molar-refractivity contribution in [3.8, 4) is 11.5 Å². The lowest BCUT2D eigenvalue weighted by atomic mass is 9.95. The average Bonchev–Trinajstić information content (AvgIpc) is 2.99. The van der Waals surface area contributed by atoms with Crippen LogP contribution >= 0.6 is 0 Å². The summed E-state index contributed by atoms with van der Waals surface area (Å²) >= 11 is 0. The topological polar surface area (TPSA) is 107 Å².